The van der Waals surface area contributed by atoms with E-state index in [0.717, 1.165) is 54.3 Å². The van der Waals surface area contributed by atoms with Crippen molar-refractivity contribution >= 4 is 28.1 Å². The zero-order chi connectivity index (χ0) is 21.1. The maximum Gasteiger partial charge on any atom is 0.434 e. The molecule has 2 fully saturated rings. The first-order valence-corrected chi connectivity index (χ1v) is 10.7. The number of benzene rings is 1. The normalized spacial score (nSPS) is 19.9. The summed E-state index contributed by atoms with van der Waals surface area (Å²) in [7, 11) is 0. The molecule has 2 aliphatic rings. The molecule has 2 aliphatic heterocycles. The molecule has 1 amide bonds. The lowest BCUT2D eigenvalue weighted by molar-refractivity contribution is -0.140. The predicted molar refractivity (Wildman–Crippen MR) is 109 cm³/mol. The van der Waals surface area contributed by atoms with Crippen LogP contribution in [0, 0.1) is 0 Å². The van der Waals surface area contributed by atoms with Crippen LogP contribution in [0.2, 0.25) is 0 Å². The number of nitrogens with one attached hydrogen (secondary N) is 1. The van der Waals surface area contributed by atoms with Crippen LogP contribution >= 0.6 is 11.3 Å². The summed E-state index contributed by atoms with van der Waals surface area (Å²) in [6.07, 6.45) is -3.47. The fraction of sp³-hybridized carbons (Fsp3) is 0.500. The second-order valence-electron chi connectivity index (χ2n) is 7.45. The third-order valence-corrected chi connectivity index (χ3v) is 6.19. The lowest BCUT2D eigenvalue weighted by atomic mass is 10.1. The molecule has 0 bridgehead atoms. The smallest absolute Gasteiger partial charge is 0.378 e. The molecule has 0 aliphatic carbocycles. The van der Waals surface area contributed by atoms with Gasteiger partial charge < -0.3 is 19.9 Å². The maximum atomic E-state index is 12.7. The summed E-state index contributed by atoms with van der Waals surface area (Å²) in [5.74, 6) is -0.0870. The highest BCUT2D eigenvalue weighted by Crippen LogP contribution is 2.34. The number of carbonyl (C=O) groups excluding carboxylic acids is 1. The minimum Gasteiger partial charge on any atom is -0.378 e. The second-order valence-corrected chi connectivity index (χ2v) is 8.29. The van der Waals surface area contributed by atoms with Gasteiger partial charge in [-0.25, -0.2) is 4.98 Å². The number of rotatable bonds is 5. The van der Waals surface area contributed by atoms with E-state index in [9.17, 15) is 18.0 Å². The Morgan fingerprint density at radius 2 is 1.90 bits per heavy atom. The average Bonchev–Trinajstić information content (AvgIpc) is 3.38. The summed E-state index contributed by atoms with van der Waals surface area (Å²) >= 11 is 0.981. The zero-order valence-corrected chi connectivity index (χ0v) is 17.1. The minimum atomic E-state index is -4.43. The fourth-order valence-corrected chi connectivity index (χ4v) is 4.57. The van der Waals surface area contributed by atoms with E-state index < -0.39 is 11.9 Å². The Hall–Kier alpha value is -2.33. The summed E-state index contributed by atoms with van der Waals surface area (Å²) in [5.41, 5.74) is 1.18. The van der Waals surface area contributed by atoms with Crippen LogP contribution in [0.5, 0.6) is 0 Å². The summed E-state index contributed by atoms with van der Waals surface area (Å²) in [4.78, 5) is 20.1. The van der Waals surface area contributed by atoms with Gasteiger partial charge in [0, 0.05) is 43.3 Å². The molecule has 0 saturated carbocycles. The Balaban J connectivity index is 1.27. The number of morpholine rings is 1. The SMILES string of the molecule is O=C(Cc1ccc(N2CCOCC2)cc1)N[C@@H]1CCN(c2nc(C(F)(F)F)cs2)C1. The van der Waals surface area contributed by atoms with Crippen LogP contribution in [0.1, 0.15) is 17.7 Å². The van der Waals surface area contributed by atoms with E-state index in [-0.39, 0.29) is 18.4 Å². The zero-order valence-electron chi connectivity index (χ0n) is 16.3. The second kappa shape index (κ2) is 8.81. The number of ether oxygens (including phenoxy) is 1. The highest BCUT2D eigenvalue weighted by molar-refractivity contribution is 7.13. The third kappa shape index (κ3) is 5.04. The number of nitrogens with zero attached hydrogens (tertiary/aromatic N) is 3. The first-order valence-electron chi connectivity index (χ1n) is 9.87. The summed E-state index contributed by atoms with van der Waals surface area (Å²) in [6, 6.07) is 7.86. The molecule has 4 rings (SSSR count). The van der Waals surface area contributed by atoms with Gasteiger partial charge in [-0.15, -0.1) is 11.3 Å². The van der Waals surface area contributed by atoms with Gasteiger partial charge in [-0.2, -0.15) is 13.2 Å². The number of amides is 1. The third-order valence-electron chi connectivity index (χ3n) is 5.28. The quantitative estimate of drug-likeness (QED) is 0.775. The van der Waals surface area contributed by atoms with Crippen molar-refractivity contribution < 1.29 is 22.7 Å². The molecule has 2 aromatic rings. The Morgan fingerprint density at radius 3 is 2.57 bits per heavy atom. The monoisotopic (exact) mass is 440 g/mol. The molecule has 1 aromatic heterocycles. The maximum absolute atomic E-state index is 12.7. The van der Waals surface area contributed by atoms with Crippen molar-refractivity contribution in [3.63, 3.8) is 0 Å². The van der Waals surface area contributed by atoms with Crippen molar-refractivity contribution in [1.29, 1.82) is 0 Å². The van der Waals surface area contributed by atoms with E-state index in [2.05, 4.69) is 15.2 Å². The largest absolute Gasteiger partial charge is 0.434 e. The molecular weight excluding hydrogens is 417 g/mol. The Labute approximate surface area is 176 Å². The molecule has 6 nitrogen and oxygen atoms in total. The highest BCUT2D eigenvalue weighted by Gasteiger charge is 2.35. The van der Waals surface area contributed by atoms with Crippen LogP contribution in [0.25, 0.3) is 0 Å². The first-order chi connectivity index (χ1) is 14.4. The summed E-state index contributed by atoms with van der Waals surface area (Å²) < 4.78 is 43.6. The van der Waals surface area contributed by atoms with Crippen LogP contribution in [0.4, 0.5) is 24.0 Å². The van der Waals surface area contributed by atoms with Crippen molar-refractivity contribution in [1.82, 2.24) is 10.3 Å². The van der Waals surface area contributed by atoms with Crippen molar-refractivity contribution in [3.8, 4) is 0 Å². The topological polar surface area (TPSA) is 57.7 Å². The van der Waals surface area contributed by atoms with Crippen molar-refractivity contribution in [2.75, 3.05) is 49.2 Å². The Kier molecular flexibility index (Phi) is 6.14. The minimum absolute atomic E-state index is 0.0870. The standard InChI is InChI=1S/C20H23F3N4O2S/c21-20(22,23)17-13-30-19(25-17)27-6-5-15(12-27)24-18(28)11-14-1-3-16(4-2-14)26-7-9-29-10-8-26/h1-4,13,15H,5-12H2,(H,24,28)/t15-/m1/s1. The van der Waals surface area contributed by atoms with E-state index in [1.54, 1.807) is 4.90 Å². The number of thiazole rings is 1. The molecule has 1 atom stereocenters. The fourth-order valence-electron chi connectivity index (χ4n) is 3.70. The van der Waals surface area contributed by atoms with Gasteiger partial charge in [0.1, 0.15) is 0 Å². The lowest BCUT2D eigenvalue weighted by Crippen LogP contribution is -2.38. The van der Waals surface area contributed by atoms with Gasteiger partial charge in [-0.3, -0.25) is 4.79 Å². The number of alkyl halides is 3. The molecule has 0 radical (unpaired) electrons. The van der Waals surface area contributed by atoms with E-state index in [1.165, 1.54) is 0 Å². The van der Waals surface area contributed by atoms with E-state index in [4.69, 9.17) is 4.74 Å². The molecule has 0 spiro atoms. The van der Waals surface area contributed by atoms with Gasteiger partial charge in [-0.05, 0) is 24.1 Å². The Morgan fingerprint density at radius 1 is 1.17 bits per heavy atom. The van der Waals surface area contributed by atoms with Gasteiger partial charge in [-0.1, -0.05) is 12.1 Å². The Bertz CT molecular complexity index is 866. The number of carbonyl (C=O) groups is 1. The van der Waals surface area contributed by atoms with Gasteiger partial charge in [0.2, 0.25) is 5.91 Å². The predicted octanol–water partition coefficient (Wildman–Crippen LogP) is 2.94. The van der Waals surface area contributed by atoms with Crippen LogP contribution in [0.15, 0.2) is 29.6 Å². The molecule has 1 N–H and O–H groups in total. The molecule has 0 unspecified atom stereocenters. The number of anilines is 2. The number of aromatic nitrogens is 1. The molecule has 162 valence electrons. The molecular formula is C20H23F3N4O2S. The molecule has 30 heavy (non-hydrogen) atoms. The lowest BCUT2D eigenvalue weighted by Gasteiger charge is -2.28. The first kappa shape index (κ1) is 20.9. The van der Waals surface area contributed by atoms with Crippen molar-refractivity contribution in [3.05, 3.63) is 40.9 Å². The molecule has 1 aromatic carbocycles. The molecule has 3 heterocycles. The number of hydrogen-bond donors (Lipinski definition) is 1. The van der Waals surface area contributed by atoms with Crippen molar-refractivity contribution in [2.45, 2.75) is 25.1 Å². The number of hydrogen-bond acceptors (Lipinski definition) is 6. The summed E-state index contributed by atoms with van der Waals surface area (Å²) in [6.45, 7) is 4.21. The van der Waals surface area contributed by atoms with Gasteiger partial charge in [0.05, 0.1) is 19.6 Å². The van der Waals surface area contributed by atoms with Crippen LogP contribution < -0.4 is 15.1 Å². The van der Waals surface area contributed by atoms with Gasteiger partial charge in [0.15, 0.2) is 10.8 Å². The average molecular weight is 440 g/mol. The van der Waals surface area contributed by atoms with Crippen LogP contribution in [-0.2, 0) is 22.1 Å². The van der Waals surface area contributed by atoms with Crippen molar-refractivity contribution in [2.24, 2.45) is 0 Å². The van der Waals surface area contributed by atoms with Gasteiger partial charge >= 0.3 is 6.18 Å². The van der Waals surface area contributed by atoms with Crippen LogP contribution in [0.3, 0.4) is 0 Å². The molecule has 2 saturated heterocycles. The van der Waals surface area contributed by atoms with Gasteiger partial charge in [0.25, 0.3) is 0 Å². The van der Waals surface area contributed by atoms with Crippen LogP contribution in [-0.4, -0.2) is 56.3 Å². The van der Waals surface area contributed by atoms with E-state index >= 15 is 0 Å². The highest BCUT2D eigenvalue weighted by atomic mass is 32.1. The van der Waals surface area contributed by atoms with E-state index in [1.807, 2.05) is 24.3 Å². The van der Waals surface area contributed by atoms with E-state index in [0.29, 0.717) is 24.6 Å². The number of halogens is 3. The molecule has 10 heteroatoms. The summed E-state index contributed by atoms with van der Waals surface area (Å²) in [5, 5.41) is 4.36.